The maximum atomic E-state index is 10.3. The van der Waals surface area contributed by atoms with Gasteiger partial charge in [-0.15, -0.1) is 0 Å². The lowest BCUT2D eigenvalue weighted by Crippen LogP contribution is -2.12. The minimum Gasteiger partial charge on any atom is -0.283 e. The number of rotatable bonds is 4. The second kappa shape index (κ2) is 5.69. The molecule has 0 radical (unpaired) electrons. The lowest BCUT2D eigenvalue weighted by molar-refractivity contribution is 0.300. The van der Waals surface area contributed by atoms with Gasteiger partial charge in [0.25, 0.3) is 0 Å². The fraction of sp³-hybridized carbons (Fsp3) is 0.250. The Morgan fingerprint density at radius 3 is 2.28 bits per heavy atom. The molecule has 0 bridgehead atoms. The molecule has 0 saturated heterocycles. The van der Waals surface area contributed by atoms with E-state index < -0.39 is 0 Å². The molecule has 2 heteroatoms. The van der Waals surface area contributed by atoms with Gasteiger partial charge in [0.05, 0.1) is 11.4 Å². The van der Waals surface area contributed by atoms with Crippen LogP contribution in [0.5, 0.6) is 0 Å². The topological polar surface area (TPSA) is 23.5 Å². The number of hydrogen-bond donors (Lipinski definition) is 1. The number of para-hydroxylation sites is 1. The molecule has 0 fully saturated rings. The number of benzene rings is 2. The number of aryl methyl sites for hydroxylation is 2. The van der Waals surface area contributed by atoms with E-state index in [0.29, 0.717) is 0 Å². The molecule has 18 heavy (non-hydrogen) atoms. The largest absolute Gasteiger partial charge is 0.283 e. The van der Waals surface area contributed by atoms with Crippen molar-refractivity contribution in [1.29, 1.82) is 0 Å². The minimum atomic E-state index is 0.788. The van der Waals surface area contributed by atoms with Gasteiger partial charge in [-0.1, -0.05) is 44.2 Å². The highest BCUT2D eigenvalue weighted by Crippen LogP contribution is 2.28. The monoisotopic (exact) mass is 241 g/mol. The zero-order valence-electron chi connectivity index (χ0n) is 10.9. The molecule has 0 saturated carbocycles. The Labute approximate surface area is 108 Å². The summed E-state index contributed by atoms with van der Waals surface area (Å²) in [5, 5.41) is 11.6. The summed E-state index contributed by atoms with van der Waals surface area (Å²) >= 11 is 0. The molecule has 0 unspecified atom stereocenters. The molecule has 0 aliphatic rings. The Morgan fingerprint density at radius 1 is 0.944 bits per heavy atom. The van der Waals surface area contributed by atoms with Crippen LogP contribution in [0, 0.1) is 0 Å². The van der Waals surface area contributed by atoms with E-state index in [0.717, 1.165) is 24.2 Å². The van der Waals surface area contributed by atoms with E-state index in [9.17, 15) is 5.21 Å². The maximum Gasteiger partial charge on any atom is 0.0725 e. The van der Waals surface area contributed by atoms with Crippen molar-refractivity contribution in [2.24, 2.45) is 0 Å². The highest BCUT2D eigenvalue weighted by Gasteiger charge is 2.10. The van der Waals surface area contributed by atoms with Crippen LogP contribution in [0.15, 0.2) is 48.5 Å². The molecule has 0 aliphatic carbocycles. The zero-order chi connectivity index (χ0) is 13.0. The van der Waals surface area contributed by atoms with Crippen molar-refractivity contribution in [1.82, 2.24) is 0 Å². The summed E-state index contributed by atoms with van der Waals surface area (Å²) in [6.45, 7) is 4.25. The van der Waals surface area contributed by atoms with E-state index in [1.54, 1.807) is 0 Å². The standard InChI is InChI=1S/C16H19NO/c1-3-13-10-11-16(14(4-2)12-13)17(18)15-8-6-5-7-9-15/h5-12,18H,3-4H2,1-2H3. The van der Waals surface area contributed by atoms with Crippen molar-refractivity contribution in [3.8, 4) is 0 Å². The first-order valence-corrected chi connectivity index (χ1v) is 6.42. The third kappa shape index (κ3) is 2.54. The molecule has 2 rings (SSSR count). The SMILES string of the molecule is CCc1ccc(N(O)c2ccccc2)c(CC)c1. The van der Waals surface area contributed by atoms with Crippen LogP contribution in [0.3, 0.4) is 0 Å². The molecule has 1 N–H and O–H groups in total. The van der Waals surface area contributed by atoms with Crippen LogP contribution in [0.4, 0.5) is 11.4 Å². The van der Waals surface area contributed by atoms with E-state index in [1.807, 2.05) is 36.4 Å². The molecule has 0 aliphatic heterocycles. The van der Waals surface area contributed by atoms with Crippen LogP contribution >= 0.6 is 0 Å². The smallest absolute Gasteiger partial charge is 0.0725 e. The van der Waals surface area contributed by atoms with Crippen LogP contribution < -0.4 is 5.06 Å². The fourth-order valence-electron chi connectivity index (χ4n) is 2.06. The summed E-state index contributed by atoms with van der Waals surface area (Å²) in [5.74, 6) is 0. The predicted octanol–water partition coefficient (Wildman–Crippen LogP) is 4.34. The van der Waals surface area contributed by atoms with Gasteiger partial charge in [0.15, 0.2) is 0 Å². The maximum absolute atomic E-state index is 10.3. The average Bonchev–Trinajstić information content (AvgIpc) is 2.46. The van der Waals surface area contributed by atoms with Gasteiger partial charge in [-0.25, -0.2) is 5.06 Å². The first kappa shape index (κ1) is 12.7. The Balaban J connectivity index is 2.38. The molecule has 2 aromatic carbocycles. The van der Waals surface area contributed by atoms with Gasteiger partial charge >= 0.3 is 0 Å². The molecular weight excluding hydrogens is 222 g/mol. The lowest BCUT2D eigenvalue weighted by atomic mass is 10.0. The molecule has 0 atom stereocenters. The van der Waals surface area contributed by atoms with E-state index in [2.05, 4.69) is 26.0 Å². The third-order valence-electron chi connectivity index (χ3n) is 3.16. The molecular formula is C16H19NO. The normalized spacial score (nSPS) is 10.4. The molecule has 2 aromatic rings. The van der Waals surface area contributed by atoms with Gasteiger partial charge in [-0.2, -0.15) is 0 Å². The summed E-state index contributed by atoms with van der Waals surface area (Å²) < 4.78 is 0. The van der Waals surface area contributed by atoms with Crippen molar-refractivity contribution >= 4 is 11.4 Å². The summed E-state index contributed by atoms with van der Waals surface area (Å²) in [4.78, 5) is 0. The second-order valence-corrected chi connectivity index (χ2v) is 4.32. The van der Waals surface area contributed by atoms with Crippen LogP contribution in [0.2, 0.25) is 0 Å². The molecule has 94 valence electrons. The van der Waals surface area contributed by atoms with Gasteiger partial charge in [-0.05, 0) is 42.2 Å². The van der Waals surface area contributed by atoms with Crippen LogP contribution in [-0.2, 0) is 12.8 Å². The average molecular weight is 241 g/mol. The van der Waals surface area contributed by atoms with E-state index in [-0.39, 0.29) is 0 Å². The van der Waals surface area contributed by atoms with Crippen molar-refractivity contribution in [3.05, 3.63) is 59.7 Å². The van der Waals surface area contributed by atoms with Crippen molar-refractivity contribution in [2.45, 2.75) is 26.7 Å². The number of anilines is 2. The van der Waals surface area contributed by atoms with Crippen LogP contribution in [-0.4, -0.2) is 5.21 Å². The van der Waals surface area contributed by atoms with Gasteiger partial charge in [0, 0.05) is 0 Å². The Bertz CT molecular complexity index is 508. The van der Waals surface area contributed by atoms with Gasteiger partial charge < -0.3 is 0 Å². The number of hydrogen-bond acceptors (Lipinski definition) is 2. The first-order chi connectivity index (χ1) is 8.76. The lowest BCUT2D eigenvalue weighted by Gasteiger charge is -2.20. The molecule has 0 heterocycles. The summed E-state index contributed by atoms with van der Waals surface area (Å²) in [7, 11) is 0. The highest BCUT2D eigenvalue weighted by molar-refractivity contribution is 5.64. The van der Waals surface area contributed by atoms with Crippen molar-refractivity contribution in [3.63, 3.8) is 0 Å². The Morgan fingerprint density at radius 2 is 1.67 bits per heavy atom. The van der Waals surface area contributed by atoms with Gasteiger partial charge in [0.2, 0.25) is 0 Å². The summed E-state index contributed by atoms with van der Waals surface area (Å²) in [6.07, 6.45) is 1.93. The summed E-state index contributed by atoms with van der Waals surface area (Å²) in [6, 6.07) is 15.8. The third-order valence-corrected chi connectivity index (χ3v) is 3.16. The molecule has 0 aromatic heterocycles. The predicted molar refractivity (Wildman–Crippen MR) is 75.6 cm³/mol. The molecule has 0 amide bonds. The minimum absolute atomic E-state index is 0.788. The van der Waals surface area contributed by atoms with Crippen molar-refractivity contribution < 1.29 is 5.21 Å². The Kier molecular flexibility index (Phi) is 4.00. The Hall–Kier alpha value is -1.80. The van der Waals surface area contributed by atoms with E-state index in [4.69, 9.17) is 0 Å². The van der Waals surface area contributed by atoms with Crippen molar-refractivity contribution in [2.75, 3.05) is 5.06 Å². The molecule has 2 nitrogen and oxygen atoms in total. The highest BCUT2D eigenvalue weighted by atomic mass is 16.5. The second-order valence-electron chi connectivity index (χ2n) is 4.32. The fourth-order valence-corrected chi connectivity index (χ4v) is 2.06. The zero-order valence-corrected chi connectivity index (χ0v) is 10.9. The van der Waals surface area contributed by atoms with E-state index >= 15 is 0 Å². The number of nitrogens with zero attached hydrogens (tertiary/aromatic N) is 1. The molecule has 0 spiro atoms. The quantitative estimate of drug-likeness (QED) is 0.805. The van der Waals surface area contributed by atoms with Gasteiger partial charge in [0.1, 0.15) is 0 Å². The van der Waals surface area contributed by atoms with Crippen LogP contribution in [0.1, 0.15) is 25.0 Å². The van der Waals surface area contributed by atoms with Gasteiger partial charge in [-0.3, -0.25) is 5.21 Å². The summed E-state index contributed by atoms with van der Waals surface area (Å²) in [5.41, 5.74) is 4.12. The first-order valence-electron chi connectivity index (χ1n) is 6.42. The van der Waals surface area contributed by atoms with Crippen LogP contribution in [0.25, 0.3) is 0 Å². The van der Waals surface area contributed by atoms with E-state index in [1.165, 1.54) is 16.2 Å².